The highest BCUT2D eigenvalue weighted by Crippen LogP contribution is 2.47. The Morgan fingerprint density at radius 1 is 0.286 bits per heavy atom. The van der Waals surface area contributed by atoms with Gasteiger partial charge in [0.25, 0.3) is 0 Å². The van der Waals surface area contributed by atoms with Gasteiger partial charge in [-0.25, -0.2) is 0 Å². The Hall–Kier alpha value is -6.44. The van der Waals surface area contributed by atoms with E-state index in [9.17, 15) is 0 Å². The molecule has 10 rings (SSSR count). The van der Waals surface area contributed by atoms with Gasteiger partial charge in [0.2, 0.25) is 0 Å². The third kappa shape index (κ3) is 4.40. The van der Waals surface area contributed by atoms with Crippen LogP contribution in [-0.4, -0.2) is 0 Å². The summed E-state index contributed by atoms with van der Waals surface area (Å²) in [5, 5.41) is 9.71. The minimum Gasteiger partial charge on any atom is -0.456 e. The highest BCUT2D eigenvalue weighted by molar-refractivity contribution is 6.23. The molecule has 0 unspecified atom stereocenters. The van der Waals surface area contributed by atoms with Crippen LogP contribution in [0.2, 0.25) is 0 Å². The van der Waals surface area contributed by atoms with E-state index < -0.39 is 0 Å². The molecule has 0 aliphatic carbocycles. The summed E-state index contributed by atoms with van der Waals surface area (Å²) in [5.74, 6) is 0. The van der Waals surface area contributed by atoms with Crippen LogP contribution >= 0.6 is 0 Å². The van der Waals surface area contributed by atoms with Gasteiger partial charge >= 0.3 is 0 Å². The van der Waals surface area contributed by atoms with Crippen LogP contribution in [0.1, 0.15) is 0 Å². The number of hydrogen-bond donors (Lipinski definition) is 0. The number of hydrogen-bond acceptors (Lipinski definition) is 1. The lowest BCUT2D eigenvalue weighted by atomic mass is 9.84. The average Bonchev–Trinajstić information content (AvgIpc) is 3.55. The third-order valence-electron chi connectivity index (χ3n) is 10.0. The van der Waals surface area contributed by atoms with Crippen LogP contribution in [0.15, 0.2) is 186 Å². The second kappa shape index (κ2) is 11.1. The van der Waals surface area contributed by atoms with Gasteiger partial charge in [-0.2, -0.15) is 0 Å². The highest BCUT2D eigenvalue weighted by atomic mass is 16.3. The molecule has 228 valence electrons. The number of para-hydroxylation sites is 1. The van der Waals surface area contributed by atoms with E-state index in [4.69, 9.17) is 4.42 Å². The molecule has 0 fully saturated rings. The summed E-state index contributed by atoms with van der Waals surface area (Å²) < 4.78 is 6.57. The van der Waals surface area contributed by atoms with E-state index in [-0.39, 0.29) is 0 Å². The Kier molecular flexibility index (Phi) is 6.25. The van der Waals surface area contributed by atoms with Crippen molar-refractivity contribution >= 4 is 54.3 Å². The molecule has 1 heteroatoms. The van der Waals surface area contributed by atoms with Gasteiger partial charge in [0.05, 0.1) is 0 Å². The maximum atomic E-state index is 6.57. The van der Waals surface area contributed by atoms with E-state index in [0.29, 0.717) is 0 Å². The van der Waals surface area contributed by atoms with Gasteiger partial charge in [-0.3, -0.25) is 0 Å². The molecule has 0 atom stereocenters. The number of benzene rings is 9. The van der Waals surface area contributed by atoms with Crippen molar-refractivity contribution < 1.29 is 4.42 Å². The molecule has 0 amide bonds. The lowest BCUT2D eigenvalue weighted by Crippen LogP contribution is -1.92. The first kappa shape index (κ1) is 27.7. The van der Waals surface area contributed by atoms with E-state index in [1.165, 1.54) is 71.3 Å². The lowest BCUT2D eigenvalue weighted by molar-refractivity contribution is 0.669. The van der Waals surface area contributed by atoms with E-state index in [1.54, 1.807) is 0 Å². The number of rotatable bonds is 4. The molecule has 49 heavy (non-hydrogen) atoms. The molecule has 0 saturated heterocycles. The maximum absolute atomic E-state index is 6.57. The van der Waals surface area contributed by atoms with Crippen LogP contribution in [0.4, 0.5) is 0 Å². The van der Waals surface area contributed by atoms with Crippen molar-refractivity contribution in [3.05, 3.63) is 182 Å². The summed E-state index contributed by atoms with van der Waals surface area (Å²) in [4.78, 5) is 0. The zero-order valence-corrected chi connectivity index (χ0v) is 26.7. The molecule has 1 heterocycles. The number of fused-ring (bicyclic) bond motifs is 6. The van der Waals surface area contributed by atoms with E-state index in [2.05, 4.69) is 176 Å². The SMILES string of the molecule is c1ccc(-c2cc(-c3cc(-c4c5ccccc5c(-c5ccccc5)c5ccccc45)cc4ccccc34)c3c(c2)oc2ccccc23)cc1. The van der Waals surface area contributed by atoms with E-state index in [0.717, 1.165) is 27.5 Å². The molecule has 0 radical (unpaired) electrons. The monoisotopic (exact) mass is 622 g/mol. The van der Waals surface area contributed by atoms with Crippen molar-refractivity contribution in [3.63, 3.8) is 0 Å². The summed E-state index contributed by atoms with van der Waals surface area (Å²) in [6.07, 6.45) is 0. The fourth-order valence-electron chi connectivity index (χ4n) is 7.90. The second-order valence-electron chi connectivity index (χ2n) is 12.8. The van der Waals surface area contributed by atoms with Gasteiger partial charge in [0.1, 0.15) is 11.2 Å². The van der Waals surface area contributed by atoms with Gasteiger partial charge in [-0.15, -0.1) is 0 Å². The largest absolute Gasteiger partial charge is 0.456 e. The Morgan fingerprint density at radius 3 is 1.43 bits per heavy atom. The van der Waals surface area contributed by atoms with Crippen molar-refractivity contribution in [2.75, 3.05) is 0 Å². The lowest BCUT2D eigenvalue weighted by Gasteiger charge is -2.19. The van der Waals surface area contributed by atoms with Crippen LogP contribution in [0.3, 0.4) is 0 Å². The molecule has 9 aromatic carbocycles. The van der Waals surface area contributed by atoms with Crippen molar-refractivity contribution in [1.29, 1.82) is 0 Å². The van der Waals surface area contributed by atoms with Gasteiger partial charge in [0, 0.05) is 10.8 Å². The predicted molar refractivity (Wildman–Crippen MR) is 208 cm³/mol. The van der Waals surface area contributed by atoms with E-state index >= 15 is 0 Å². The maximum Gasteiger partial charge on any atom is 0.136 e. The standard InChI is InChI=1S/C48H30O/c1-3-15-31(16-4-1)34-28-43(48-41-25-13-14-26-44(41)49-45(48)30-34)42-29-35(27-33-19-7-8-20-36(33)42)47-39-23-11-9-21-37(39)46(32-17-5-2-6-18-32)38-22-10-12-24-40(38)47/h1-30H. The second-order valence-corrected chi connectivity index (χ2v) is 12.8. The van der Waals surface area contributed by atoms with Crippen LogP contribution in [0, 0.1) is 0 Å². The molecule has 10 aromatic rings. The smallest absolute Gasteiger partial charge is 0.136 e. The molecule has 0 spiro atoms. The van der Waals surface area contributed by atoms with Crippen LogP contribution in [0.5, 0.6) is 0 Å². The van der Waals surface area contributed by atoms with Crippen LogP contribution in [-0.2, 0) is 0 Å². The Labute approximate surface area is 284 Å². The first-order chi connectivity index (χ1) is 24.3. The fraction of sp³-hybridized carbons (Fsp3) is 0. The quantitative estimate of drug-likeness (QED) is 0.178. The molecule has 1 nitrogen and oxygen atoms in total. The first-order valence-corrected chi connectivity index (χ1v) is 16.8. The van der Waals surface area contributed by atoms with Gasteiger partial charge < -0.3 is 4.42 Å². The molecule has 0 N–H and O–H groups in total. The van der Waals surface area contributed by atoms with Crippen molar-refractivity contribution in [3.8, 4) is 44.5 Å². The third-order valence-corrected chi connectivity index (χ3v) is 10.0. The Morgan fingerprint density at radius 2 is 0.776 bits per heavy atom. The van der Waals surface area contributed by atoms with E-state index in [1.807, 2.05) is 6.07 Å². The topological polar surface area (TPSA) is 13.1 Å². The van der Waals surface area contributed by atoms with Crippen molar-refractivity contribution in [2.45, 2.75) is 0 Å². The fourth-order valence-corrected chi connectivity index (χ4v) is 7.90. The first-order valence-electron chi connectivity index (χ1n) is 16.8. The molecule has 0 saturated carbocycles. The summed E-state index contributed by atoms with van der Waals surface area (Å²) in [6, 6.07) is 65.8. The summed E-state index contributed by atoms with van der Waals surface area (Å²) >= 11 is 0. The van der Waals surface area contributed by atoms with Crippen molar-refractivity contribution in [2.24, 2.45) is 0 Å². The van der Waals surface area contributed by atoms with Gasteiger partial charge in [0.15, 0.2) is 0 Å². The zero-order chi connectivity index (χ0) is 32.3. The highest BCUT2D eigenvalue weighted by Gasteiger charge is 2.21. The summed E-state index contributed by atoms with van der Waals surface area (Å²) in [5.41, 5.74) is 11.4. The van der Waals surface area contributed by atoms with Crippen molar-refractivity contribution in [1.82, 2.24) is 0 Å². The van der Waals surface area contributed by atoms with Gasteiger partial charge in [-0.05, 0) is 107 Å². The Bertz CT molecular complexity index is 2800. The number of furan rings is 1. The summed E-state index contributed by atoms with van der Waals surface area (Å²) in [6.45, 7) is 0. The molecule has 0 bridgehead atoms. The predicted octanol–water partition coefficient (Wildman–Crippen LogP) is 13.7. The Balaban J connectivity index is 1.34. The summed E-state index contributed by atoms with van der Waals surface area (Å²) in [7, 11) is 0. The van der Waals surface area contributed by atoms with Crippen LogP contribution < -0.4 is 0 Å². The van der Waals surface area contributed by atoms with Crippen LogP contribution in [0.25, 0.3) is 98.8 Å². The van der Waals surface area contributed by atoms with Gasteiger partial charge in [-0.1, -0.05) is 152 Å². The zero-order valence-electron chi connectivity index (χ0n) is 26.7. The minimum absolute atomic E-state index is 0.898. The molecular weight excluding hydrogens is 593 g/mol. The molecule has 0 aliphatic heterocycles. The molecule has 1 aromatic heterocycles. The average molecular weight is 623 g/mol. The molecular formula is C48H30O. The normalized spacial score (nSPS) is 11.7. The minimum atomic E-state index is 0.898. The molecule has 0 aliphatic rings.